The smallest absolute Gasteiger partial charge is 0.443 e. The molecule has 1 saturated heterocycles. The van der Waals surface area contributed by atoms with Crippen molar-refractivity contribution in [3.63, 3.8) is 0 Å². The Morgan fingerprint density at radius 2 is 1.41 bits per heavy atom. The maximum Gasteiger partial charge on any atom is 0.460 e. The number of ether oxygens (including phenoxy) is 2. The third kappa shape index (κ3) is 3.05. The highest BCUT2D eigenvalue weighted by Crippen LogP contribution is 2.70. The lowest BCUT2D eigenvalue weighted by molar-refractivity contribution is -0.436. The van der Waals surface area contributed by atoms with Crippen molar-refractivity contribution in [2.75, 3.05) is 6.61 Å². The van der Waals surface area contributed by atoms with Crippen LogP contribution >= 0.6 is 0 Å². The van der Waals surface area contributed by atoms with Gasteiger partial charge < -0.3 is 14.6 Å². The zero-order valence-corrected chi connectivity index (χ0v) is 18.5. The molecule has 0 spiro atoms. The molecule has 9 atom stereocenters. The standard InChI is InChI=1S/C21H20F12O4/c22-16(23,18(26,27)20(28,29)30)15(6-36-19(35,17(15,24)25)21(31,32)33)37-14(34)11-5-9-4-10(11)13-8-2-1-7(3-8)12(9)13/h7-13,35H,1-6H2. The van der Waals surface area contributed by atoms with Crippen LogP contribution in [0.2, 0.25) is 0 Å². The van der Waals surface area contributed by atoms with Gasteiger partial charge in [-0.1, -0.05) is 0 Å². The average molecular weight is 564 g/mol. The van der Waals surface area contributed by atoms with Gasteiger partial charge in [-0.15, -0.1) is 0 Å². The minimum atomic E-state index is -7.41. The number of carbonyl (C=O) groups excluding carboxylic acids is 1. The minimum Gasteiger partial charge on any atom is -0.443 e. The van der Waals surface area contributed by atoms with Crippen LogP contribution in [0.4, 0.5) is 52.7 Å². The summed E-state index contributed by atoms with van der Waals surface area (Å²) in [4.78, 5) is 12.9. The molecule has 4 bridgehead atoms. The van der Waals surface area contributed by atoms with Crippen molar-refractivity contribution in [2.45, 2.75) is 73.6 Å². The van der Waals surface area contributed by atoms with Crippen LogP contribution in [0.3, 0.4) is 0 Å². The quantitative estimate of drug-likeness (QED) is 0.285. The zero-order chi connectivity index (χ0) is 27.8. The van der Waals surface area contributed by atoms with Gasteiger partial charge in [-0.25, -0.2) is 0 Å². The van der Waals surface area contributed by atoms with E-state index < -0.39 is 65.9 Å². The Balaban J connectivity index is 1.54. The van der Waals surface area contributed by atoms with Crippen LogP contribution < -0.4 is 0 Å². The number of esters is 1. The Morgan fingerprint density at radius 1 is 0.838 bits per heavy atom. The summed E-state index contributed by atoms with van der Waals surface area (Å²) in [5.74, 6) is -31.1. The summed E-state index contributed by atoms with van der Waals surface area (Å²) in [7, 11) is 0. The summed E-state index contributed by atoms with van der Waals surface area (Å²) < 4.78 is 173. The fraction of sp³-hybridized carbons (Fsp3) is 0.952. The second-order valence-corrected chi connectivity index (χ2v) is 10.9. The molecule has 1 heterocycles. The van der Waals surface area contributed by atoms with E-state index in [2.05, 4.69) is 9.47 Å². The molecule has 16 heteroatoms. The molecule has 5 rings (SSSR count). The van der Waals surface area contributed by atoms with Crippen LogP contribution in [0.15, 0.2) is 0 Å². The van der Waals surface area contributed by atoms with Crippen molar-refractivity contribution >= 4 is 5.97 Å². The van der Waals surface area contributed by atoms with Crippen molar-refractivity contribution in [3.05, 3.63) is 0 Å². The fourth-order valence-electron chi connectivity index (χ4n) is 7.88. The first-order valence-corrected chi connectivity index (χ1v) is 11.5. The number of alkyl halides is 12. The Bertz CT molecular complexity index is 980. The summed E-state index contributed by atoms with van der Waals surface area (Å²) >= 11 is 0. The highest BCUT2D eigenvalue weighted by molar-refractivity contribution is 5.74. The van der Waals surface area contributed by atoms with Crippen LogP contribution in [-0.2, 0) is 14.3 Å². The molecule has 1 aliphatic heterocycles. The largest absolute Gasteiger partial charge is 0.460 e. The van der Waals surface area contributed by atoms with E-state index in [1.54, 1.807) is 0 Å². The van der Waals surface area contributed by atoms with Gasteiger partial charge in [0.25, 0.3) is 5.60 Å². The Hall–Kier alpha value is -1.45. The molecule has 5 aliphatic rings. The van der Waals surface area contributed by atoms with E-state index in [1.807, 2.05) is 0 Å². The van der Waals surface area contributed by atoms with Crippen molar-refractivity contribution in [1.82, 2.24) is 0 Å². The monoisotopic (exact) mass is 564 g/mol. The average Bonchev–Trinajstić information content (AvgIpc) is 3.54. The molecule has 0 radical (unpaired) electrons. The van der Waals surface area contributed by atoms with Crippen LogP contribution in [0.5, 0.6) is 0 Å². The summed E-state index contributed by atoms with van der Waals surface area (Å²) in [6.45, 7) is -2.99. The molecule has 1 N–H and O–H groups in total. The number of hydrogen-bond donors (Lipinski definition) is 1. The molecule has 0 aromatic rings. The fourth-order valence-corrected chi connectivity index (χ4v) is 7.88. The molecular weight excluding hydrogens is 544 g/mol. The maximum atomic E-state index is 15.0. The van der Waals surface area contributed by atoms with E-state index in [1.165, 1.54) is 0 Å². The zero-order valence-electron chi connectivity index (χ0n) is 18.5. The lowest BCUT2D eigenvalue weighted by Gasteiger charge is -2.45. The third-order valence-corrected chi connectivity index (χ3v) is 9.37. The highest BCUT2D eigenvalue weighted by Gasteiger charge is 2.95. The molecule has 0 aromatic heterocycles. The van der Waals surface area contributed by atoms with Gasteiger partial charge in [0.2, 0.25) is 0 Å². The summed E-state index contributed by atoms with van der Waals surface area (Å²) in [6, 6.07) is 0. The molecule has 4 aliphatic carbocycles. The molecule has 9 unspecified atom stereocenters. The van der Waals surface area contributed by atoms with Crippen LogP contribution in [-0.4, -0.2) is 59.2 Å². The van der Waals surface area contributed by atoms with E-state index in [9.17, 15) is 53.8 Å². The molecular formula is C21H20F12O4. The van der Waals surface area contributed by atoms with Gasteiger partial charge in [0.05, 0.1) is 5.92 Å². The van der Waals surface area contributed by atoms with Gasteiger partial charge in [0.15, 0.2) is 0 Å². The second kappa shape index (κ2) is 7.39. The molecule has 37 heavy (non-hydrogen) atoms. The molecule has 5 fully saturated rings. The number of halogens is 12. The Kier molecular flexibility index (Phi) is 5.42. The van der Waals surface area contributed by atoms with Gasteiger partial charge >= 0.3 is 41.9 Å². The topological polar surface area (TPSA) is 55.8 Å². The first-order chi connectivity index (χ1) is 16.6. The Morgan fingerprint density at radius 3 is 1.92 bits per heavy atom. The third-order valence-electron chi connectivity index (χ3n) is 9.37. The number of rotatable bonds is 4. The number of hydrogen-bond acceptors (Lipinski definition) is 4. The predicted molar refractivity (Wildman–Crippen MR) is 94.2 cm³/mol. The molecule has 0 aromatic carbocycles. The van der Waals surface area contributed by atoms with E-state index >= 15 is 8.78 Å². The lowest BCUT2D eigenvalue weighted by atomic mass is 9.67. The number of carbonyl (C=O) groups is 1. The summed E-state index contributed by atoms with van der Waals surface area (Å²) in [5, 5.41) is 9.45. The van der Waals surface area contributed by atoms with Gasteiger partial charge in [0.1, 0.15) is 6.61 Å². The second-order valence-electron chi connectivity index (χ2n) is 10.9. The highest BCUT2D eigenvalue weighted by atomic mass is 19.4. The first-order valence-electron chi connectivity index (χ1n) is 11.5. The molecule has 4 nitrogen and oxygen atoms in total. The SMILES string of the molecule is O=C(OC1(C(F)(F)C(F)(F)C(F)(F)F)COC(O)(C(F)(F)F)C1(F)F)C1CC2CC1C1C3CCC(C3)C21. The normalized spacial score (nSPS) is 44.9. The van der Waals surface area contributed by atoms with Gasteiger partial charge in [-0.05, 0) is 67.6 Å². The van der Waals surface area contributed by atoms with Gasteiger partial charge in [-0.3, -0.25) is 4.79 Å². The lowest BCUT2D eigenvalue weighted by Crippen LogP contribution is -2.75. The maximum absolute atomic E-state index is 15.0. The minimum absolute atomic E-state index is 0.122. The van der Waals surface area contributed by atoms with E-state index in [-0.39, 0.29) is 30.1 Å². The Labute approximate surface area is 200 Å². The van der Waals surface area contributed by atoms with E-state index in [4.69, 9.17) is 0 Å². The number of aliphatic hydroxyl groups is 1. The van der Waals surface area contributed by atoms with Gasteiger partial charge in [-0.2, -0.15) is 52.7 Å². The summed E-state index contributed by atoms with van der Waals surface area (Å²) in [6.07, 6.45) is -11.2. The van der Waals surface area contributed by atoms with Crippen LogP contribution in [0.1, 0.15) is 32.1 Å². The number of fused-ring (bicyclic) bond motifs is 9. The van der Waals surface area contributed by atoms with E-state index in [0.29, 0.717) is 12.3 Å². The first kappa shape index (κ1) is 27.1. The van der Waals surface area contributed by atoms with Gasteiger partial charge in [0, 0.05) is 0 Å². The molecule has 0 amide bonds. The van der Waals surface area contributed by atoms with Crippen molar-refractivity contribution in [2.24, 2.45) is 41.4 Å². The van der Waals surface area contributed by atoms with Crippen molar-refractivity contribution < 1.29 is 72.1 Å². The molecule has 4 saturated carbocycles. The summed E-state index contributed by atoms with van der Waals surface area (Å²) in [5.41, 5.74) is -5.84. The van der Waals surface area contributed by atoms with Crippen molar-refractivity contribution in [1.29, 1.82) is 0 Å². The van der Waals surface area contributed by atoms with Crippen LogP contribution in [0, 0.1) is 41.4 Å². The van der Waals surface area contributed by atoms with Crippen LogP contribution in [0.25, 0.3) is 0 Å². The molecule has 212 valence electrons. The predicted octanol–water partition coefficient (Wildman–Crippen LogP) is 5.34. The van der Waals surface area contributed by atoms with Crippen molar-refractivity contribution in [3.8, 4) is 0 Å². The van der Waals surface area contributed by atoms with E-state index in [0.717, 1.165) is 19.3 Å².